The first-order valence-corrected chi connectivity index (χ1v) is 11.2. The standard InChI is InChI=1S/C25H35N/c1-17-8-9-20-22(15-17)25(16-23(20)26)13-10-18(11-14-25)21-7-3-5-19-6-4-12-24(19,21)2/h8-9,15,18-19,21,26H,3-7,10-14,16H2,1-2H3. The van der Waals surface area contributed by atoms with Crippen LogP contribution in [0.15, 0.2) is 18.2 Å². The van der Waals surface area contributed by atoms with Crippen LogP contribution in [-0.2, 0) is 5.41 Å². The Morgan fingerprint density at radius 2 is 1.73 bits per heavy atom. The van der Waals surface area contributed by atoms with Crippen molar-refractivity contribution in [3.63, 3.8) is 0 Å². The molecule has 4 aliphatic rings. The summed E-state index contributed by atoms with van der Waals surface area (Å²) in [6.07, 6.45) is 15.5. The SMILES string of the molecule is Cc1ccc2c(c1)C1(CCC(C3CCCC4CCCC43C)CC1)CC2=N. The lowest BCUT2D eigenvalue weighted by molar-refractivity contribution is 0.00572. The van der Waals surface area contributed by atoms with Crippen LogP contribution in [0.5, 0.6) is 0 Å². The molecule has 0 heterocycles. The van der Waals surface area contributed by atoms with E-state index < -0.39 is 0 Å². The molecule has 3 atom stereocenters. The highest BCUT2D eigenvalue weighted by atomic mass is 14.6. The third-order valence-electron chi connectivity index (χ3n) is 9.26. The van der Waals surface area contributed by atoms with Crippen molar-refractivity contribution in [2.45, 2.75) is 89.9 Å². The topological polar surface area (TPSA) is 23.9 Å². The monoisotopic (exact) mass is 349 g/mol. The van der Waals surface area contributed by atoms with Crippen molar-refractivity contribution in [2.24, 2.45) is 23.2 Å². The molecule has 0 saturated heterocycles. The zero-order valence-electron chi connectivity index (χ0n) is 16.7. The maximum absolute atomic E-state index is 8.54. The van der Waals surface area contributed by atoms with E-state index in [2.05, 4.69) is 32.0 Å². The molecule has 5 rings (SSSR count). The maximum Gasteiger partial charge on any atom is 0.0398 e. The summed E-state index contributed by atoms with van der Waals surface area (Å²) in [7, 11) is 0. The Balaban J connectivity index is 1.38. The summed E-state index contributed by atoms with van der Waals surface area (Å²) in [6.45, 7) is 4.87. The second kappa shape index (κ2) is 5.94. The highest BCUT2D eigenvalue weighted by molar-refractivity contribution is 6.04. The zero-order chi connectivity index (χ0) is 17.9. The molecule has 0 aromatic heterocycles. The van der Waals surface area contributed by atoms with Gasteiger partial charge in [0.1, 0.15) is 0 Å². The van der Waals surface area contributed by atoms with Gasteiger partial charge in [-0.15, -0.1) is 0 Å². The van der Waals surface area contributed by atoms with Crippen molar-refractivity contribution < 1.29 is 0 Å². The average Bonchev–Trinajstić information content (AvgIpc) is 3.14. The third-order valence-corrected chi connectivity index (χ3v) is 9.26. The molecule has 26 heavy (non-hydrogen) atoms. The summed E-state index contributed by atoms with van der Waals surface area (Å²) in [4.78, 5) is 0. The largest absolute Gasteiger partial charge is 0.305 e. The predicted octanol–water partition coefficient (Wildman–Crippen LogP) is 6.80. The minimum absolute atomic E-state index is 0.305. The Bertz CT molecular complexity index is 724. The molecule has 1 spiro atoms. The first-order chi connectivity index (χ1) is 12.5. The molecule has 1 N–H and O–H groups in total. The first-order valence-electron chi connectivity index (χ1n) is 11.2. The minimum atomic E-state index is 0.305. The molecule has 1 aromatic rings. The summed E-state index contributed by atoms with van der Waals surface area (Å²) in [5.74, 6) is 2.97. The Hall–Kier alpha value is -1.11. The van der Waals surface area contributed by atoms with Gasteiger partial charge in [0.15, 0.2) is 0 Å². The van der Waals surface area contributed by atoms with Crippen LogP contribution < -0.4 is 0 Å². The zero-order valence-corrected chi connectivity index (χ0v) is 16.7. The van der Waals surface area contributed by atoms with Crippen molar-refractivity contribution in [3.8, 4) is 0 Å². The van der Waals surface area contributed by atoms with E-state index >= 15 is 0 Å². The van der Waals surface area contributed by atoms with Gasteiger partial charge in [0.25, 0.3) is 0 Å². The summed E-state index contributed by atoms with van der Waals surface area (Å²) in [5, 5.41) is 8.54. The van der Waals surface area contributed by atoms with Crippen LogP contribution in [0.4, 0.5) is 0 Å². The van der Waals surface area contributed by atoms with Crippen molar-refractivity contribution in [2.75, 3.05) is 0 Å². The molecule has 3 unspecified atom stereocenters. The van der Waals surface area contributed by atoms with Gasteiger partial charge in [0.2, 0.25) is 0 Å². The van der Waals surface area contributed by atoms with Gasteiger partial charge in [-0.2, -0.15) is 0 Å². The van der Waals surface area contributed by atoms with E-state index in [1.807, 2.05) is 0 Å². The van der Waals surface area contributed by atoms with E-state index in [1.54, 1.807) is 0 Å². The Morgan fingerprint density at radius 3 is 2.54 bits per heavy atom. The summed E-state index contributed by atoms with van der Waals surface area (Å²) in [6, 6.07) is 6.83. The molecule has 1 heteroatoms. The van der Waals surface area contributed by atoms with E-state index in [1.165, 1.54) is 80.9 Å². The third kappa shape index (κ3) is 2.38. The Morgan fingerprint density at radius 1 is 0.962 bits per heavy atom. The maximum atomic E-state index is 8.54. The van der Waals surface area contributed by atoms with Gasteiger partial charge in [-0.05, 0) is 99.0 Å². The molecule has 3 fully saturated rings. The number of fused-ring (bicyclic) bond motifs is 3. The predicted molar refractivity (Wildman–Crippen MR) is 109 cm³/mol. The molecule has 1 aromatic carbocycles. The number of nitrogens with one attached hydrogen (secondary N) is 1. The molecular formula is C25H35N. The van der Waals surface area contributed by atoms with E-state index in [0.717, 1.165) is 29.9 Å². The van der Waals surface area contributed by atoms with Gasteiger partial charge in [-0.25, -0.2) is 0 Å². The van der Waals surface area contributed by atoms with Crippen LogP contribution >= 0.6 is 0 Å². The molecule has 0 aliphatic heterocycles. The molecule has 0 radical (unpaired) electrons. The molecular weight excluding hydrogens is 314 g/mol. The molecule has 140 valence electrons. The van der Waals surface area contributed by atoms with Crippen molar-refractivity contribution in [1.29, 1.82) is 5.41 Å². The quantitative estimate of drug-likeness (QED) is 0.576. The number of benzene rings is 1. The second-order valence-corrected chi connectivity index (χ2v) is 10.5. The van der Waals surface area contributed by atoms with Gasteiger partial charge in [-0.3, -0.25) is 0 Å². The fourth-order valence-electron chi connectivity index (χ4n) is 7.84. The van der Waals surface area contributed by atoms with E-state index in [-0.39, 0.29) is 0 Å². The van der Waals surface area contributed by atoms with Crippen LogP contribution in [0.25, 0.3) is 0 Å². The number of hydrogen-bond donors (Lipinski definition) is 1. The average molecular weight is 350 g/mol. The number of aryl methyl sites for hydroxylation is 1. The van der Waals surface area contributed by atoms with Crippen LogP contribution in [-0.4, -0.2) is 5.71 Å². The van der Waals surface area contributed by atoms with Crippen molar-refractivity contribution >= 4 is 5.71 Å². The number of rotatable bonds is 1. The van der Waals surface area contributed by atoms with E-state index in [4.69, 9.17) is 5.41 Å². The normalized spacial score (nSPS) is 42.1. The smallest absolute Gasteiger partial charge is 0.0398 e. The fraction of sp³-hybridized carbons (Fsp3) is 0.720. The van der Waals surface area contributed by atoms with Gasteiger partial charge in [0.05, 0.1) is 0 Å². The highest BCUT2D eigenvalue weighted by Crippen LogP contribution is 2.60. The van der Waals surface area contributed by atoms with E-state index in [9.17, 15) is 0 Å². The fourth-order valence-corrected chi connectivity index (χ4v) is 7.84. The summed E-state index contributed by atoms with van der Waals surface area (Å²) >= 11 is 0. The van der Waals surface area contributed by atoms with Gasteiger partial charge in [-0.1, -0.05) is 43.5 Å². The van der Waals surface area contributed by atoms with Gasteiger partial charge < -0.3 is 5.41 Å². The van der Waals surface area contributed by atoms with Gasteiger partial charge in [0, 0.05) is 11.1 Å². The van der Waals surface area contributed by atoms with Gasteiger partial charge >= 0.3 is 0 Å². The molecule has 0 amide bonds. The molecule has 0 bridgehead atoms. The lowest BCUT2D eigenvalue weighted by Gasteiger charge is -2.50. The van der Waals surface area contributed by atoms with Crippen molar-refractivity contribution in [1.82, 2.24) is 0 Å². The molecule has 3 saturated carbocycles. The lowest BCUT2D eigenvalue weighted by Crippen LogP contribution is -2.42. The van der Waals surface area contributed by atoms with E-state index in [0.29, 0.717) is 10.8 Å². The Labute approximate surface area is 159 Å². The second-order valence-electron chi connectivity index (χ2n) is 10.5. The van der Waals surface area contributed by atoms with Crippen LogP contribution in [0.3, 0.4) is 0 Å². The summed E-state index contributed by atoms with van der Waals surface area (Å²) in [5.41, 5.74) is 6.01. The Kier molecular flexibility index (Phi) is 3.89. The minimum Gasteiger partial charge on any atom is -0.305 e. The first kappa shape index (κ1) is 17.0. The lowest BCUT2D eigenvalue weighted by atomic mass is 9.54. The van der Waals surface area contributed by atoms with Crippen LogP contribution in [0.1, 0.15) is 94.2 Å². The summed E-state index contributed by atoms with van der Waals surface area (Å²) < 4.78 is 0. The number of hydrogen-bond acceptors (Lipinski definition) is 1. The molecule has 1 nitrogen and oxygen atoms in total. The molecule has 4 aliphatic carbocycles. The van der Waals surface area contributed by atoms with Crippen molar-refractivity contribution in [3.05, 3.63) is 34.9 Å². The van der Waals surface area contributed by atoms with Crippen LogP contribution in [0.2, 0.25) is 0 Å². The van der Waals surface area contributed by atoms with Crippen LogP contribution in [0, 0.1) is 35.5 Å². The highest BCUT2D eigenvalue weighted by Gasteiger charge is 2.51.